The zero-order valence-electron chi connectivity index (χ0n) is 9.17. The SMILES string of the molecule is COC(=O)C12CCC(CC1N)C2(C)C. The van der Waals surface area contributed by atoms with Gasteiger partial charge in [-0.1, -0.05) is 13.8 Å². The fourth-order valence-electron chi connectivity index (χ4n) is 3.73. The first-order chi connectivity index (χ1) is 6.46. The predicted molar refractivity (Wildman–Crippen MR) is 53.5 cm³/mol. The van der Waals surface area contributed by atoms with Crippen molar-refractivity contribution in [3.8, 4) is 0 Å². The van der Waals surface area contributed by atoms with Crippen molar-refractivity contribution in [2.24, 2.45) is 22.5 Å². The maximum Gasteiger partial charge on any atom is 0.313 e. The van der Waals surface area contributed by atoms with Gasteiger partial charge in [-0.3, -0.25) is 4.79 Å². The topological polar surface area (TPSA) is 52.3 Å². The first-order valence-electron chi connectivity index (χ1n) is 5.31. The van der Waals surface area contributed by atoms with E-state index < -0.39 is 5.41 Å². The number of carbonyl (C=O) groups is 1. The average molecular weight is 197 g/mol. The molecule has 14 heavy (non-hydrogen) atoms. The molecule has 0 saturated heterocycles. The summed E-state index contributed by atoms with van der Waals surface area (Å²) in [4.78, 5) is 11.9. The van der Waals surface area contributed by atoms with Crippen LogP contribution in [0.3, 0.4) is 0 Å². The monoisotopic (exact) mass is 197 g/mol. The lowest BCUT2D eigenvalue weighted by atomic mass is 9.68. The van der Waals surface area contributed by atoms with Crippen LogP contribution in [0.15, 0.2) is 0 Å². The van der Waals surface area contributed by atoms with Crippen molar-refractivity contribution in [3.63, 3.8) is 0 Å². The minimum Gasteiger partial charge on any atom is -0.469 e. The Balaban J connectivity index is 2.44. The highest BCUT2D eigenvalue weighted by Gasteiger charge is 2.67. The normalized spacial score (nSPS) is 44.0. The van der Waals surface area contributed by atoms with Crippen LogP contribution in [0.1, 0.15) is 33.1 Å². The second kappa shape index (κ2) is 2.72. The summed E-state index contributed by atoms with van der Waals surface area (Å²) in [6.07, 6.45) is 3.00. The van der Waals surface area contributed by atoms with E-state index in [1.807, 2.05) is 0 Å². The lowest BCUT2D eigenvalue weighted by Gasteiger charge is -2.37. The lowest BCUT2D eigenvalue weighted by molar-refractivity contribution is -0.158. The number of methoxy groups -OCH3 is 1. The Labute approximate surface area is 85.0 Å². The van der Waals surface area contributed by atoms with Gasteiger partial charge in [0.05, 0.1) is 12.5 Å². The fraction of sp³-hybridized carbons (Fsp3) is 0.909. The van der Waals surface area contributed by atoms with Crippen molar-refractivity contribution in [1.29, 1.82) is 0 Å². The quantitative estimate of drug-likeness (QED) is 0.645. The third-order valence-electron chi connectivity index (χ3n) is 4.78. The molecule has 0 aliphatic heterocycles. The van der Waals surface area contributed by atoms with E-state index in [1.54, 1.807) is 0 Å². The van der Waals surface area contributed by atoms with Crippen LogP contribution in [0.25, 0.3) is 0 Å². The first kappa shape index (κ1) is 9.97. The maximum atomic E-state index is 11.9. The zero-order valence-corrected chi connectivity index (χ0v) is 9.17. The van der Waals surface area contributed by atoms with E-state index in [0.717, 1.165) is 19.3 Å². The molecule has 0 spiro atoms. The van der Waals surface area contributed by atoms with E-state index in [2.05, 4.69) is 13.8 Å². The van der Waals surface area contributed by atoms with Crippen molar-refractivity contribution >= 4 is 5.97 Å². The summed E-state index contributed by atoms with van der Waals surface area (Å²) in [5.74, 6) is 0.492. The van der Waals surface area contributed by atoms with Crippen molar-refractivity contribution in [1.82, 2.24) is 0 Å². The van der Waals surface area contributed by atoms with Gasteiger partial charge >= 0.3 is 5.97 Å². The predicted octanol–water partition coefficient (Wildman–Crippen LogP) is 1.31. The zero-order chi connectivity index (χ0) is 10.6. The number of esters is 1. The van der Waals surface area contributed by atoms with Gasteiger partial charge < -0.3 is 10.5 Å². The molecule has 3 atom stereocenters. The van der Waals surface area contributed by atoms with Gasteiger partial charge in [0.2, 0.25) is 0 Å². The number of hydrogen-bond acceptors (Lipinski definition) is 3. The van der Waals surface area contributed by atoms with Crippen molar-refractivity contribution in [3.05, 3.63) is 0 Å². The second-order valence-corrected chi connectivity index (χ2v) is 5.26. The maximum absolute atomic E-state index is 11.9. The van der Waals surface area contributed by atoms with Gasteiger partial charge in [-0.05, 0) is 30.6 Å². The number of carbonyl (C=O) groups excluding carboxylic acids is 1. The van der Waals surface area contributed by atoms with Crippen LogP contribution in [0.2, 0.25) is 0 Å². The molecule has 0 amide bonds. The number of rotatable bonds is 1. The van der Waals surface area contributed by atoms with Crippen molar-refractivity contribution < 1.29 is 9.53 Å². The summed E-state index contributed by atoms with van der Waals surface area (Å²) in [5, 5.41) is 0. The Morgan fingerprint density at radius 2 is 2.14 bits per heavy atom. The summed E-state index contributed by atoms with van der Waals surface area (Å²) in [7, 11) is 1.46. The third kappa shape index (κ3) is 0.842. The molecule has 0 aromatic heterocycles. The Bertz CT molecular complexity index is 274. The number of fused-ring (bicyclic) bond motifs is 2. The van der Waals surface area contributed by atoms with E-state index in [-0.39, 0.29) is 17.4 Å². The molecule has 2 aliphatic carbocycles. The van der Waals surface area contributed by atoms with Crippen LogP contribution < -0.4 is 5.73 Å². The Morgan fingerprint density at radius 1 is 1.50 bits per heavy atom. The third-order valence-corrected chi connectivity index (χ3v) is 4.78. The molecule has 2 saturated carbocycles. The molecule has 2 rings (SSSR count). The highest BCUT2D eigenvalue weighted by atomic mass is 16.5. The Hall–Kier alpha value is -0.570. The van der Waals surface area contributed by atoms with E-state index >= 15 is 0 Å². The first-order valence-corrected chi connectivity index (χ1v) is 5.31. The van der Waals surface area contributed by atoms with Gasteiger partial charge in [0, 0.05) is 6.04 Å². The standard InChI is InChI=1S/C11H19NO2/c1-10(2)7-4-5-11(10,8(12)6-7)9(13)14-3/h7-8H,4-6,12H2,1-3H3. The molecule has 0 aromatic rings. The second-order valence-electron chi connectivity index (χ2n) is 5.26. The molecule has 2 fully saturated rings. The lowest BCUT2D eigenvalue weighted by Crippen LogP contribution is -2.50. The Morgan fingerprint density at radius 3 is 2.50 bits per heavy atom. The molecular weight excluding hydrogens is 178 g/mol. The largest absolute Gasteiger partial charge is 0.469 e. The van der Waals surface area contributed by atoms with Crippen LogP contribution in [-0.2, 0) is 9.53 Å². The van der Waals surface area contributed by atoms with Crippen LogP contribution in [-0.4, -0.2) is 19.1 Å². The van der Waals surface area contributed by atoms with Gasteiger partial charge in [0.25, 0.3) is 0 Å². The summed E-state index contributed by atoms with van der Waals surface area (Å²) in [6, 6.07) is -0.0105. The van der Waals surface area contributed by atoms with Gasteiger partial charge in [0.1, 0.15) is 0 Å². The molecule has 3 heteroatoms. The summed E-state index contributed by atoms with van der Waals surface area (Å²) in [6.45, 7) is 4.32. The van der Waals surface area contributed by atoms with Gasteiger partial charge in [-0.15, -0.1) is 0 Å². The molecule has 0 radical (unpaired) electrons. The minimum absolute atomic E-state index is 0.0105. The summed E-state index contributed by atoms with van der Waals surface area (Å²) in [5.41, 5.74) is 5.71. The van der Waals surface area contributed by atoms with E-state index in [1.165, 1.54) is 7.11 Å². The van der Waals surface area contributed by atoms with Crippen LogP contribution in [0.5, 0.6) is 0 Å². The highest BCUT2D eigenvalue weighted by Crippen LogP contribution is 2.65. The van der Waals surface area contributed by atoms with Crippen molar-refractivity contribution in [2.45, 2.75) is 39.2 Å². The smallest absolute Gasteiger partial charge is 0.313 e. The molecule has 80 valence electrons. The Kier molecular flexibility index (Phi) is 1.94. The molecule has 3 nitrogen and oxygen atoms in total. The number of nitrogens with two attached hydrogens (primary N) is 1. The van der Waals surface area contributed by atoms with Crippen LogP contribution in [0.4, 0.5) is 0 Å². The minimum atomic E-state index is -0.410. The molecule has 3 unspecified atom stereocenters. The molecule has 2 bridgehead atoms. The van der Waals surface area contributed by atoms with Gasteiger partial charge in [-0.2, -0.15) is 0 Å². The molecular formula is C11H19NO2. The van der Waals surface area contributed by atoms with E-state index in [9.17, 15) is 4.79 Å². The molecule has 0 aromatic carbocycles. The molecule has 0 heterocycles. The van der Waals surface area contributed by atoms with Gasteiger partial charge in [0.15, 0.2) is 0 Å². The average Bonchev–Trinajstić information content (AvgIpc) is 2.49. The highest BCUT2D eigenvalue weighted by molar-refractivity contribution is 5.80. The van der Waals surface area contributed by atoms with E-state index in [4.69, 9.17) is 10.5 Å². The van der Waals surface area contributed by atoms with Gasteiger partial charge in [-0.25, -0.2) is 0 Å². The number of hydrogen-bond donors (Lipinski definition) is 1. The number of ether oxygens (including phenoxy) is 1. The van der Waals surface area contributed by atoms with Crippen molar-refractivity contribution in [2.75, 3.05) is 7.11 Å². The summed E-state index contributed by atoms with van der Waals surface area (Å²) >= 11 is 0. The molecule has 2 N–H and O–H groups in total. The van der Waals surface area contributed by atoms with E-state index in [0.29, 0.717) is 5.92 Å². The summed E-state index contributed by atoms with van der Waals surface area (Å²) < 4.78 is 4.94. The molecule has 2 aliphatic rings. The fourth-order valence-corrected chi connectivity index (χ4v) is 3.73. The van der Waals surface area contributed by atoms with Crippen LogP contribution in [0, 0.1) is 16.7 Å². The van der Waals surface area contributed by atoms with Crippen LogP contribution >= 0.6 is 0 Å².